The first-order chi connectivity index (χ1) is 18.0. The van der Waals surface area contributed by atoms with Crippen molar-refractivity contribution in [3.8, 4) is 16.9 Å². The Balaban J connectivity index is 1.31. The summed E-state index contributed by atoms with van der Waals surface area (Å²) in [6, 6.07) is 12.7. The lowest BCUT2D eigenvalue weighted by molar-refractivity contribution is -0.0507. The summed E-state index contributed by atoms with van der Waals surface area (Å²) >= 11 is 0. The van der Waals surface area contributed by atoms with Crippen LogP contribution >= 0.6 is 0 Å². The normalized spacial score (nSPS) is 22.6. The first-order valence-electron chi connectivity index (χ1n) is 12.6. The van der Waals surface area contributed by atoms with E-state index < -0.39 is 6.61 Å². The minimum absolute atomic E-state index is 0.0221. The van der Waals surface area contributed by atoms with Crippen molar-refractivity contribution in [1.29, 1.82) is 0 Å². The molecule has 0 radical (unpaired) electrons. The molecule has 9 heteroatoms. The number of hydrogen-bond donors (Lipinski definition) is 0. The Morgan fingerprint density at radius 3 is 2.59 bits per heavy atom. The molecule has 37 heavy (non-hydrogen) atoms. The van der Waals surface area contributed by atoms with E-state index in [4.69, 9.17) is 9.47 Å². The van der Waals surface area contributed by atoms with Crippen LogP contribution in [0.5, 0.6) is 5.75 Å². The molecule has 3 aliphatic heterocycles. The van der Waals surface area contributed by atoms with Crippen molar-refractivity contribution in [2.75, 3.05) is 31.7 Å². The van der Waals surface area contributed by atoms with Crippen LogP contribution in [0.1, 0.15) is 52.7 Å². The number of aromatic nitrogens is 2. The molecule has 3 aromatic rings. The van der Waals surface area contributed by atoms with Gasteiger partial charge in [-0.05, 0) is 54.2 Å². The topological polar surface area (TPSA) is 67.8 Å². The number of fused-ring (bicyclic) bond motifs is 3. The molecule has 0 N–H and O–H groups in total. The van der Waals surface area contributed by atoms with Gasteiger partial charge in [0.15, 0.2) is 0 Å². The van der Waals surface area contributed by atoms with Crippen molar-refractivity contribution >= 4 is 11.9 Å². The van der Waals surface area contributed by atoms with Gasteiger partial charge < -0.3 is 19.3 Å². The molecule has 0 saturated carbocycles. The van der Waals surface area contributed by atoms with E-state index in [9.17, 15) is 13.6 Å². The zero-order valence-electron chi connectivity index (χ0n) is 20.5. The predicted octanol–water partition coefficient (Wildman–Crippen LogP) is 5.04. The third-order valence-corrected chi connectivity index (χ3v) is 7.76. The number of ether oxygens (including phenoxy) is 2. The van der Waals surface area contributed by atoms with Crippen molar-refractivity contribution in [3.05, 3.63) is 71.5 Å². The molecule has 0 spiro atoms. The number of benzene rings is 2. The molecule has 3 aliphatic rings. The van der Waals surface area contributed by atoms with E-state index in [-0.39, 0.29) is 29.7 Å². The van der Waals surface area contributed by atoms with E-state index in [0.717, 1.165) is 36.1 Å². The third-order valence-electron chi connectivity index (χ3n) is 7.76. The number of nitrogens with zero attached hydrogens (tertiary/aromatic N) is 4. The van der Waals surface area contributed by atoms with Crippen molar-refractivity contribution in [1.82, 2.24) is 14.9 Å². The van der Waals surface area contributed by atoms with Crippen LogP contribution in [-0.2, 0) is 4.74 Å². The molecule has 2 saturated heterocycles. The van der Waals surface area contributed by atoms with Crippen molar-refractivity contribution in [2.24, 2.45) is 0 Å². The Morgan fingerprint density at radius 1 is 1.00 bits per heavy atom. The molecular formula is C28H28F2N4O3. The Hall–Kier alpha value is -3.59. The summed E-state index contributed by atoms with van der Waals surface area (Å²) in [5.74, 6) is 0.699. The SMILES string of the molecule is COC[C@H]1CCCN1c1ncc(-c2ccc3c(c2)[C@@H]2[C@H](c4ccccc4OC(F)F)CCN2C3=O)cn1. The van der Waals surface area contributed by atoms with E-state index in [1.54, 1.807) is 19.2 Å². The summed E-state index contributed by atoms with van der Waals surface area (Å²) in [5.41, 5.74) is 4.03. The Bertz CT molecular complexity index is 1300. The van der Waals surface area contributed by atoms with Gasteiger partial charge in [0.25, 0.3) is 5.91 Å². The zero-order valence-corrected chi connectivity index (χ0v) is 20.5. The van der Waals surface area contributed by atoms with Gasteiger partial charge in [-0.15, -0.1) is 0 Å². The maximum Gasteiger partial charge on any atom is 0.387 e. The Labute approximate surface area is 214 Å². The van der Waals surface area contributed by atoms with Crippen LogP contribution in [0.2, 0.25) is 0 Å². The highest BCUT2D eigenvalue weighted by Gasteiger charge is 2.46. The predicted molar refractivity (Wildman–Crippen MR) is 134 cm³/mol. The van der Waals surface area contributed by atoms with Crippen LogP contribution < -0.4 is 9.64 Å². The minimum Gasteiger partial charge on any atom is -0.435 e. The molecule has 3 atom stereocenters. The van der Waals surface area contributed by atoms with Crippen LogP contribution in [-0.4, -0.2) is 60.2 Å². The number of methoxy groups -OCH3 is 1. The van der Waals surface area contributed by atoms with E-state index in [1.165, 1.54) is 0 Å². The highest BCUT2D eigenvalue weighted by molar-refractivity contribution is 6.00. The van der Waals surface area contributed by atoms with Gasteiger partial charge in [-0.3, -0.25) is 4.79 Å². The molecule has 0 aliphatic carbocycles. The van der Waals surface area contributed by atoms with Gasteiger partial charge in [-0.1, -0.05) is 24.3 Å². The summed E-state index contributed by atoms with van der Waals surface area (Å²) in [6.07, 6.45) is 6.46. The van der Waals surface area contributed by atoms with E-state index in [1.807, 2.05) is 47.6 Å². The molecule has 4 heterocycles. The first kappa shape index (κ1) is 23.8. The number of para-hydroxylation sites is 1. The number of carbonyl (C=O) groups is 1. The number of hydrogen-bond acceptors (Lipinski definition) is 6. The maximum absolute atomic E-state index is 13.2. The molecule has 6 rings (SSSR count). The Morgan fingerprint density at radius 2 is 1.81 bits per heavy atom. The fourth-order valence-electron chi connectivity index (χ4n) is 6.14. The summed E-state index contributed by atoms with van der Waals surface area (Å²) in [5, 5.41) is 0. The van der Waals surface area contributed by atoms with E-state index >= 15 is 0 Å². The van der Waals surface area contributed by atoms with Crippen molar-refractivity contribution in [2.45, 2.75) is 43.9 Å². The molecule has 1 aromatic heterocycles. The summed E-state index contributed by atoms with van der Waals surface area (Å²) < 4.78 is 36.3. The maximum atomic E-state index is 13.2. The lowest BCUT2D eigenvalue weighted by Crippen LogP contribution is -2.34. The van der Waals surface area contributed by atoms with Crippen LogP contribution in [0, 0.1) is 0 Å². The molecule has 7 nitrogen and oxygen atoms in total. The fraction of sp³-hybridized carbons (Fsp3) is 0.393. The monoisotopic (exact) mass is 506 g/mol. The highest BCUT2D eigenvalue weighted by Crippen LogP contribution is 2.51. The fourth-order valence-corrected chi connectivity index (χ4v) is 6.14. The van der Waals surface area contributed by atoms with Gasteiger partial charge in [-0.2, -0.15) is 8.78 Å². The zero-order chi connectivity index (χ0) is 25.5. The molecular weight excluding hydrogens is 478 g/mol. The average molecular weight is 507 g/mol. The second kappa shape index (κ2) is 9.70. The van der Waals surface area contributed by atoms with Gasteiger partial charge in [0.1, 0.15) is 5.75 Å². The number of alkyl halides is 2. The summed E-state index contributed by atoms with van der Waals surface area (Å²) in [7, 11) is 1.71. The van der Waals surface area contributed by atoms with Crippen LogP contribution in [0.15, 0.2) is 54.9 Å². The van der Waals surface area contributed by atoms with Gasteiger partial charge in [-0.25, -0.2) is 9.97 Å². The molecule has 2 aromatic carbocycles. The molecule has 192 valence electrons. The van der Waals surface area contributed by atoms with Gasteiger partial charge in [0.05, 0.1) is 18.7 Å². The van der Waals surface area contributed by atoms with Crippen LogP contribution in [0.25, 0.3) is 11.1 Å². The second-order valence-corrected chi connectivity index (χ2v) is 9.77. The average Bonchev–Trinajstić information content (AvgIpc) is 3.61. The molecule has 1 amide bonds. The van der Waals surface area contributed by atoms with E-state index in [0.29, 0.717) is 36.6 Å². The van der Waals surface area contributed by atoms with Crippen LogP contribution in [0.3, 0.4) is 0 Å². The number of rotatable bonds is 7. The summed E-state index contributed by atoms with van der Waals surface area (Å²) in [6.45, 7) is -0.785. The number of amides is 1. The molecule has 0 unspecified atom stereocenters. The number of anilines is 1. The summed E-state index contributed by atoms with van der Waals surface area (Å²) in [4.78, 5) is 26.5. The van der Waals surface area contributed by atoms with Gasteiger partial charge in [0, 0.05) is 49.6 Å². The quantitative estimate of drug-likeness (QED) is 0.447. The van der Waals surface area contributed by atoms with Gasteiger partial charge in [0.2, 0.25) is 5.95 Å². The van der Waals surface area contributed by atoms with Crippen molar-refractivity contribution in [3.63, 3.8) is 0 Å². The first-order valence-corrected chi connectivity index (χ1v) is 12.6. The lowest BCUT2D eigenvalue weighted by Gasteiger charge is -2.24. The largest absolute Gasteiger partial charge is 0.435 e. The standard InChI is InChI=1S/C28H28F2N4O3/c1-36-16-19-5-4-11-33(19)28-31-14-18(15-32-28)17-8-9-22-23(13-17)25-21(10-12-34(25)26(22)35)20-6-2-3-7-24(20)37-27(29)30/h2-3,6-9,13-15,19,21,25,27H,4-5,10-12,16H2,1H3/t19-,21+,25+/m1/s1. The highest BCUT2D eigenvalue weighted by atomic mass is 19.3. The number of carbonyl (C=O) groups excluding carboxylic acids is 1. The molecule has 0 bridgehead atoms. The lowest BCUT2D eigenvalue weighted by atomic mass is 9.86. The minimum atomic E-state index is -2.91. The second-order valence-electron chi connectivity index (χ2n) is 9.77. The third kappa shape index (κ3) is 4.21. The van der Waals surface area contributed by atoms with Crippen molar-refractivity contribution < 1.29 is 23.0 Å². The van der Waals surface area contributed by atoms with Gasteiger partial charge >= 0.3 is 6.61 Å². The van der Waals surface area contributed by atoms with Crippen LogP contribution in [0.4, 0.5) is 14.7 Å². The Kier molecular flexibility index (Phi) is 6.24. The smallest absolute Gasteiger partial charge is 0.387 e. The van der Waals surface area contributed by atoms with E-state index in [2.05, 4.69) is 14.9 Å². The molecule has 2 fully saturated rings. The number of halogens is 2.